The average Bonchev–Trinajstić information content (AvgIpc) is 0.903. The van der Waals surface area contributed by atoms with Crippen molar-refractivity contribution in [2.75, 3.05) is 152 Å². The summed E-state index contributed by atoms with van der Waals surface area (Å²) in [5.41, 5.74) is 6.26. The van der Waals surface area contributed by atoms with Crippen molar-refractivity contribution in [2.24, 2.45) is 11.7 Å². The summed E-state index contributed by atoms with van der Waals surface area (Å²) in [5.74, 6) is -1.86. The van der Waals surface area contributed by atoms with E-state index in [4.69, 9.17) is 47.7 Å². The second kappa shape index (κ2) is 46.0. The Bertz CT molecular complexity index is 2370. The van der Waals surface area contributed by atoms with Crippen LogP contribution in [0.4, 0.5) is 0 Å². The summed E-state index contributed by atoms with van der Waals surface area (Å²) < 4.78 is 50.8. The van der Waals surface area contributed by atoms with Crippen LogP contribution in [0.2, 0.25) is 0 Å². The number of hydrogen-bond donors (Lipinski definition) is 10. The Kier molecular flexibility index (Phi) is 41.3. The average molecular weight is 1270 g/mol. The number of phenolic OH excluding ortho intramolecular Hbond substituents is 2. The summed E-state index contributed by atoms with van der Waals surface area (Å²) in [6, 6.07) is 4.48. The molecule has 28 heteroatoms. The van der Waals surface area contributed by atoms with Crippen LogP contribution in [-0.4, -0.2) is 250 Å². The molecule has 0 bridgehead atoms. The molecule has 3 aliphatic heterocycles. The van der Waals surface area contributed by atoms with Gasteiger partial charge in [0.05, 0.1) is 114 Å². The Hall–Kier alpha value is -5.12. The van der Waals surface area contributed by atoms with Gasteiger partial charge >= 0.3 is 0 Å². The molecule has 2 aromatic carbocycles. The SMILES string of the molecule is CC.CN.CNCCNC(=O)CSCCC=O.CNNC(=O)[C@]1(O)Cc2c(O)c3c(c(O)c2[C@@H](OC2CC[C@H](OC4COCCN4)[C@H](C)O2)C1)C(=O)c1c(OC)cccc1C3=O.CO.O=CCCOCCOCCOCCOCCN1CCC(C=O)CC1. The van der Waals surface area contributed by atoms with Gasteiger partial charge in [-0.1, -0.05) is 26.0 Å². The summed E-state index contributed by atoms with van der Waals surface area (Å²) in [5, 5.41) is 50.8. The summed E-state index contributed by atoms with van der Waals surface area (Å²) >= 11 is 1.48. The number of benzene rings is 2. The van der Waals surface area contributed by atoms with E-state index in [1.165, 1.54) is 51.2 Å². The number of piperidine rings is 1. The van der Waals surface area contributed by atoms with Crippen LogP contribution in [0.3, 0.4) is 0 Å². The molecule has 3 saturated heterocycles. The molecule has 2 amide bonds. The number of aldehydes is 3. The van der Waals surface area contributed by atoms with Gasteiger partial charge in [0.1, 0.15) is 42.3 Å². The Morgan fingerprint density at radius 2 is 1.48 bits per heavy atom. The van der Waals surface area contributed by atoms with Crippen molar-refractivity contribution in [3.05, 3.63) is 51.6 Å². The standard InChI is InChI=1S/C31H37N3O11.C17H31NO6.C8H16N2O2S.C2H6.CH5N.CH4O/c1-14-17(44-20-13-42-10-9-33-20)7-8-21(43-14)45-19-12-31(40,30(39)34-32-2)11-16-23(19)29(38)25-24(27(16)36)26(35)15-5-4-6-18(41-3)22(15)28(25)37;19-7-1-8-21-10-12-23-14-15-24-13-11-22-9-6-18-4-2-17(16-20)3-5-18;1-9-3-4-10-8(12)7-13-6-2-5-11;3*1-2/h4-6,14,17,19-21,32-33,36,38,40H,7-13H2,1-3H3,(H,34,39);7,16-17H,1-6,8-15H2;5,9H,2-4,6-7H2,1H3,(H,10,12);1-2H3;2H2,1H3;2H,1H3/t14-,17-,19-,20?,21?,31-;;;;;/m0...../s1. The Balaban J connectivity index is 0.000000514. The highest BCUT2D eigenvalue weighted by molar-refractivity contribution is 7.99. The summed E-state index contributed by atoms with van der Waals surface area (Å²) in [6.45, 7) is 16.2. The van der Waals surface area contributed by atoms with Gasteiger partial charge in [0, 0.05) is 101 Å². The predicted octanol–water partition coefficient (Wildman–Crippen LogP) is 1.13. The van der Waals surface area contributed by atoms with Gasteiger partial charge in [0.15, 0.2) is 17.7 Å². The largest absolute Gasteiger partial charge is 0.507 e. The molecule has 0 spiro atoms. The van der Waals surface area contributed by atoms with Gasteiger partial charge in [0.25, 0.3) is 5.91 Å². The van der Waals surface area contributed by atoms with E-state index >= 15 is 0 Å². The number of nitrogens with zero attached hydrogens (tertiary/aromatic N) is 1. The number of carbonyl (C=O) groups excluding carboxylic acids is 7. The van der Waals surface area contributed by atoms with Gasteiger partial charge in [-0.15, -0.1) is 0 Å². The lowest BCUT2D eigenvalue weighted by Crippen LogP contribution is -2.55. The molecular weight excluding hydrogens is 1170 g/mol. The number of hydrazine groups is 1. The van der Waals surface area contributed by atoms with Crippen molar-refractivity contribution in [3.63, 3.8) is 0 Å². The number of nitrogens with two attached hydrogens (primary N) is 1. The molecular formula is C60H99N7O20S. The molecule has 7 rings (SSSR count). The monoisotopic (exact) mass is 1270 g/mol. The van der Waals surface area contributed by atoms with E-state index in [0.29, 0.717) is 111 Å². The smallest absolute Gasteiger partial charge is 0.266 e. The van der Waals surface area contributed by atoms with Crippen LogP contribution in [-0.2, 0) is 68.3 Å². The Morgan fingerprint density at radius 1 is 0.841 bits per heavy atom. The number of aromatic hydroxyl groups is 2. The van der Waals surface area contributed by atoms with Crippen molar-refractivity contribution in [3.8, 4) is 17.2 Å². The van der Waals surface area contributed by atoms with Gasteiger partial charge in [0.2, 0.25) is 11.7 Å². The number of ketones is 2. The molecule has 2 unspecified atom stereocenters. The van der Waals surface area contributed by atoms with E-state index < -0.39 is 70.6 Å². The first-order valence-electron chi connectivity index (χ1n) is 30.0. The van der Waals surface area contributed by atoms with E-state index in [-0.39, 0.29) is 58.6 Å². The lowest BCUT2D eigenvalue weighted by atomic mass is 9.72. The first-order valence-corrected chi connectivity index (χ1v) is 31.1. The lowest BCUT2D eigenvalue weighted by molar-refractivity contribution is -0.258. The third kappa shape index (κ3) is 25.6. The number of aliphatic hydroxyl groups excluding tert-OH is 1. The van der Waals surface area contributed by atoms with E-state index in [1.807, 2.05) is 27.8 Å². The summed E-state index contributed by atoms with van der Waals surface area (Å²) in [6.07, 6.45) is 2.77. The third-order valence-corrected chi connectivity index (χ3v) is 15.0. The molecule has 0 aromatic heterocycles. The molecule has 0 saturated carbocycles. The molecule has 27 nitrogen and oxygen atoms in total. The fraction of sp³-hybridized carbons (Fsp3) is 0.683. The molecule has 0 radical (unpaired) electrons. The minimum Gasteiger partial charge on any atom is -0.507 e. The van der Waals surface area contributed by atoms with Crippen molar-refractivity contribution in [1.29, 1.82) is 0 Å². The third-order valence-electron chi connectivity index (χ3n) is 14.0. The van der Waals surface area contributed by atoms with E-state index in [0.717, 1.165) is 70.7 Å². The first-order chi connectivity index (χ1) is 42.7. The molecule has 2 aliphatic carbocycles. The maximum atomic E-state index is 13.8. The minimum absolute atomic E-state index is 0.00846. The highest BCUT2D eigenvalue weighted by Crippen LogP contribution is 2.52. The van der Waals surface area contributed by atoms with Gasteiger partial charge in [-0.25, -0.2) is 5.43 Å². The molecule has 5 aliphatic rings. The van der Waals surface area contributed by atoms with Crippen LogP contribution < -0.4 is 37.3 Å². The first kappa shape index (κ1) is 79.0. The molecule has 2 aromatic rings. The number of aliphatic hydroxyl groups is 2. The summed E-state index contributed by atoms with van der Waals surface area (Å²) in [7, 11) is 7.14. The normalized spacial score (nSPS) is 21.1. The number of carbonyl (C=O) groups is 7. The van der Waals surface area contributed by atoms with Gasteiger partial charge in [-0.05, 0) is 59.4 Å². The highest BCUT2D eigenvalue weighted by Gasteiger charge is 2.50. The number of amides is 2. The van der Waals surface area contributed by atoms with Crippen molar-refractivity contribution in [2.45, 2.75) is 109 Å². The maximum absolute atomic E-state index is 13.8. The molecule has 3 fully saturated rings. The number of hydrogen-bond acceptors (Lipinski definition) is 26. The number of ether oxygens (including phenoxy) is 9. The fourth-order valence-electron chi connectivity index (χ4n) is 9.74. The number of fused-ring (bicyclic) bond motifs is 3. The van der Waals surface area contributed by atoms with Gasteiger partial charge in [-0.3, -0.25) is 29.9 Å². The maximum Gasteiger partial charge on any atom is 0.266 e. The van der Waals surface area contributed by atoms with Gasteiger partial charge in [-0.2, -0.15) is 11.8 Å². The van der Waals surface area contributed by atoms with E-state index in [2.05, 4.69) is 37.4 Å². The van der Waals surface area contributed by atoms with Crippen molar-refractivity contribution < 1.29 is 96.6 Å². The zero-order chi connectivity index (χ0) is 65.3. The van der Waals surface area contributed by atoms with E-state index in [1.54, 1.807) is 0 Å². The second-order valence-corrected chi connectivity index (χ2v) is 20.9. The highest BCUT2D eigenvalue weighted by atomic mass is 32.2. The molecule has 6 atom stereocenters. The molecule has 3 heterocycles. The zero-order valence-corrected chi connectivity index (χ0v) is 53.4. The minimum atomic E-state index is -2.12. The van der Waals surface area contributed by atoms with Crippen LogP contribution in [0, 0.1) is 5.92 Å². The van der Waals surface area contributed by atoms with Crippen LogP contribution in [0.25, 0.3) is 0 Å². The number of likely N-dealkylation sites (tertiary alicyclic amines) is 1. The second-order valence-electron chi connectivity index (χ2n) is 19.8. The van der Waals surface area contributed by atoms with Crippen molar-refractivity contribution in [1.82, 2.24) is 31.7 Å². The fourth-order valence-corrected chi connectivity index (χ4v) is 10.4. The number of rotatable bonds is 31. The Labute approximate surface area is 521 Å². The van der Waals surface area contributed by atoms with Crippen LogP contribution in [0.15, 0.2) is 18.2 Å². The number of phenols is 2. The number of morpholine rings is 1. The summed E-state index contributed by atoms with van der Waals surface area (Å²) in [4.78, 5) is 84.6. The van der Waals surface area contributed by atoms with Gasteiger partial charge < -0.3 is 98.7 Å². The zero-order valence-electron chi connectivity index (χ0n) is 52.6. The van der Waals surface area contributed by atoms with Crippen LogP contribution in [0.5, 0.6) is 17.2 Å². The lowest BCUT2D eigenvalue weighted by Gasteiger charge is -2.42. The number of likely N-dealkylation sites (N-methyl/N-ethyl adjacent to an activating group) is 1. The number of methoxy groups -OCH3 is 1. The topological polar surface area (TPSA) is 373 Å². The number of thioether (sulfide) groups is 1. The van der Waals surface area contributed by atoms with Crippen molar-refractivity contribution >= 4 is 54.0 Å². The van der Waals surface area contributed by atoms with E-state index in [9.17, 15) is 48.9 Å². The predicted molar refractivity (Wildman–Crippen MR) is 329 cm³/mol. The molecule has 11 N–H and O–H groups in total. The molecule has 500 valence electrons. The van der Waals surface area contributed by atoms with Crippen LogP contribution >= 0.6 is 11.8 Å². The Morgan fingerprint density at radius 3 is 2.06 bits per heavy atom. The van der Waals surface area contributed by atoms with Crippen LogP contribution in [0.1, 0.15) is 115 Å². The molecule has 88 heavy (non-hydrogen) atoms. The number of nitrogens with one attached hydrogen (secondary N) is 5. The quantitative estimate of drug-likeness (QED) is 0.0187.